The number of hydrogen-bond acceptors (Lipinski definition) is 6. The van der Waals surface area contributed by atoms with Gasteiger partial charge in [0.2, 0.25) is 5.91 Å². The van der Waals surface area contributed by atoms with Gasteiger partial charge in [-0.3, -0.25) is 4.79 Å². The van der Waals surface area contributed by atoms with E-state index in [1.165, 1.54) is 17.7 Å². The third kappa shape index (κ3) is 4.90. The first kappa shape index (κ1) is 19.8. The number of hydrogen-bond donors (Lipinski definition) is 1. The molecule has 2 heterocycles. The van der Waals surface area contributed by atoms with Crippen molar-refractivity contribution in [3.8, 4) is 22.0 Å². The van der Waals surface area contributed by atoms with Crippen molar-refractivity contribution >= 4 is 17.2 Å². The molecule has 0 unspecified atom stereocenters. The summed E-state index contributed by atoms with van der Waals surface area (Å²) in [6.45, 7) is 3.06. The van der Waals surface area contributed by atoms with Crippen LogP contribution in [-0.4, -0.2) is 32.3 Å². The zero-order chi connectivity index (χ0) is 20.8. The zero-order valence-electron chi connectivity index (χ0n) is 16.5. The highest BCUT2D eigenvalue weighted by Gasteiger charge is 2.09. The lowest BCUT2D eigenvalue weighted by Crippen LogP contribution is -2.24. The molecule has 2 aromatic heterocycles. The van der Waals surface area contributed by atoms with Crippen LogP contribution in [0.4, 0.5) is 0 Å². The van der Waals surface area contributed by atoms with Crippen molar-refractivity contribution in [1.82, 2.24) is 25.1 Å². The predicted octanol–water partition coefficient (Wildman–Crippen LogP) is 3.65. The van der Waals surface area contributed by atoms with E-state index < -0.39 is 0 Å². The van der Waals surface area contributed by atoms with E-state index in [-0.39, 0.29) is 12.3 Å². The number of ether oxygens (including phenoxy) is 1. The Morgan fingerprint density at radius 1 is 1.13 bits per heavy atom. The topological polar surface area (TPSA) is 81.9 Å². The lowest BCUT2D eigenvalue weighted by atomic mass is 10.2. The molecule has 152 valence electrons. The van der Waals surface area contributed by atoms with Gasteiger partial charge in [0.05, 0.1) is 24.4 Å². The molecule has 0 aliphatic rings. The van der Waals surface area contributed by atoms with E-state index in [9.17, 15) is 4.79 Å². The Labute approximate surface area is 178 Å². The SMILES string of the molecule is CCOc1ccc(-c2nc(CC(=O)NCc3ccc(-n4cncn4)cc3)cs2)cc1. The first-order valence-corrected chi connectivity index (χ1v) is 10.5. The minimum absolute atomic E-state index is 0.0566. The molecule has 1 amide bonds. The van der Waals surface area contributed by atoms with E-state index in [2.05, 4.69) is 20.4 Å². The summed E-state index contributed by atoms with van der Waals surface area (Å²) in [5, 5.41) is 9.87. The molecule has 0 saturated heterocycles. The number of rotatable bonds is 8. The monoisotopic (exact) mass is 419 g/mol. The van der Waals surface area contributed by atoms with Crippen LogP contribution in [0.5, 0.6) is 5.75 Å². The molecule has 30 heavy (non-hydrogen) atoms. The second-order valence-electron chi connectivity index (χ2n) is 6.56. The average Bonchev–Trinajstić information content (AvgIpc) is 3.46. The quantitative estimate of drug-likeness (QED) is 0.471. The summed E-state index contributed by atoms with van der Waals surface area (Å²) < 4.78 is 7.15. The number of nitrogens with one attached hydrogen (secondary N) is 1. The van der Waals surface area contributed by atoms with Gasteiger partial charge in [-0.15, -0.1) is 11.3 Å². The van der Waals surface area contributed by atoms with Crippen LogP contribution in [0.1, 0.15) is 18.2 Å². The van der Waals surface area contributed by atoms with Crippen molar-refractivity contribution in [1.29, 1.82) is 0 Å². The summed E-state index contributed by atoms with van der Waals surface area (Å²) in [5.74, 6) is 0.783. The van der Waals surface area contributed by atoms with Crippen LogP contribution in [0.3, 0.4) is 0 Å². The van der Waals surface area contributed by atoms with Crippen molar-refractivity contribution in [2.24, 2.45) is 0 Å². The maximum absolute atomic E-state index is 12.3. The predicted molar refractivity (Wildman–Crippen MR) is 116 cm³/mol. The van der Waals surface area contributed by atoms with Gasteiger partial charge >= 0.3 is 0 Å². The van der Waals surface area contributed by atoms with Gasteiger partial charge in [0, 0.05) is 17.5 Å². The first-order valence-electron chi connectivity index (χ1n) is 9.59. The Bertz CT molecular complexity index is 1090. The molecule has 4 rings (SSSR count). The molecule has 0 radical (unpaired) electrons. The lowest BCUT2D eigenvalue weighted by molar-refractivity contribution is -0.120. The van der Waals surface area contributed by atoms with Crippen LogP contribution >= 0.6 is 11.3 Å². The zero-order valence-corrected chi connectivity index (χ0v) is 17.3. The van der Waals surface area contributed by atoms with E-state index in [0.29, 0.717) is 13.2 Å². The molecule has 0 fully saturated rings. The number of amides is 1. The summed E-state index contributed by atoms with van der Waals surface area (Å²) in [4.78, 5) is 20.8. The maximum Gasteiger partial charge on any atom is 0.226 e. The Kier molecular flexibility index (Phi) is 6.14. The third-order valence-corrected chi connectivity index (χ3v) is 5.36. The molecule has 0 bridgehead atoms. The van der Waals surface area contributed by atoms with Crippen LogP contribution in [0.15, 0.2) is 66.6 Å². The Morgan fingerprint density at radius 3 is 2.63 bits per heavy atom. The number of aromatic nitrogens is 4. The van der Waals surface area contributed by atoms with Crippen molar-refractivity contribution in [2.45, 2.75) is 19.9 Å². The van der Waals surface area contributed by atoms with Gasteiger partial charge in [0.15, 0.2) is 0 Å². The highest BCUT2D eigenvalue weighted by molar-refractivity contribution is 7.13. The van der Waals surface area contributed by atoms with Crippen LogP contribution in [0.2, 0.25) is 0 Å². The van der Waals surface area contributed by atoms with Crippen molar-refractivity contribution in [3.05, 3.63) is 77.8 Å². The van der Waals surface area contributed by atoms with Gasteiger partial charge in [-0.1, -0.05) is 12.1 Å². The Hall–Kier alpha value is -3.52. The first-order chi connectivity index (χ1) is 14.7. The normalized spacial score (nSPS) is 10.7. The van der Waals surface area contributed by atoms with E-state index in [4.69, 9.17) is 4.74 Å². The maximum atomic E-state index is 12.3. The van der Waals surface area contributed by atoms with Gasteiger partial charge in [0.1, 0.15) is 23.4 Å². The van der Waals surface area contributed by atoms with Crippen LogP contribution < -0.4 is 10.1 Å². The van der Waals surface area contributed by atoms with Gasteiger partial charge in [-0.25, -0.2) is 14.6 Å². The second kappa shape index (κ2) is 9.32. The fraction of sp³-hybridized carbons (Fsp3) is 0.182. The molecule has 4 aromatic rings. The number of thiazole rings is 1. The van der Waals surface area contributed by atoms with Gasteiger partial charge < -0.3 is 10.1 Å². The number of benzene rings is 2. The van der Waals surface area contributed by atoms with Crippen LogP contribution in [0.25, 0.3) is 16.3 Å². The molecular weight excluding hydrogens is 398 g/mol. The van der Waals surface area contributed by atoms with E-state index in [1.807, 2.05) is 60.8 Å². The van der Waals surface area contributed by atoms with E-state index in [1.54, 1.807) is 11.0 Å². The number of carbonyl (C=O) groups is 1. The van der Waals surface area contributed by atoms with Gasteiger partial charge in [0.25, 0.3) is 0 Å². The average molecular weight is 420 g/mol. The summed E-state index contributed by atoms with van der Waals surface area (Å²) in [6.07, 6.45) is 3.39. The molecule has 7 nitrogen and oxygen atoms in total. The molecule has 0 spiro atoms. The van der Waals surface area contributed by atoms with Crippen LogP contribution in [-0.2, 0) is 17.8 Å². The Balaban J connectivity index is 1.30. The summed E-state index contributed by atoms with van der Waals surface area (Å²) in [7, 11) is 0. The van der Waals surface area contributed by atoms with Crippen molar-refractivity contribution in [2.75, 3.05) is 6.61 Å². The minimum atomic E-state index is -0.0566. The third-order valence-electron chi connectivity index (χ3n) is 4.42. The molecule has 2 aromatic carbocycles. The lowest BCUT2D eigenvalue weighted by Gasteiger charge is -2.06. The molecular formula is C22H21N5O2S. The Morgan fingerprint density at radius 2 is 1.93 bits per heavy atom. The van der Waals surface area contributed by atoms with E-state index in [0.717, 1.165) is 33.3 Å². The standard InChI is InChI=1S/C22H21N5O2S/c1-2-29-20-9-5-17(6-10-20)22-26-18(13-30-22)11-21(28)24-12-16-3-7-19(8-4-16)27-15-23-14-25-27/h3-10,13-15H,2,11-12H2,1H3,(H,24,28). The summed E-state index contributed by atoms with van der Waals surface area (Å²) in [5.41, 5.74) is 3.72. The summed E-state index contributed by atoms with van der Waals surface area (Å²) >= 11 is 1.53. The molecule has 0 aliphatic carbocycles. The van der Waals surface area contributed by atoms with Crippen molar-refractivity contribution < 1.29 is 9.53 Å². The molecule has 0 saturated carbocycles. The van der Waals surface area contributed by atoms with E-state index >= 15 is 0 Å². The molecule has 0 aliphatic heterocycles. The minimum Gasteiger partial charge on any atom is -0.494 e. The molecule has 8 heteroatoms. The highest BCUT2D eigenvalue weighted by atomic mass is 32.1. The number of carbonyl (C=O) groups excluding carboxylic acids is 1. The summed E-state index contributed by atoms with van der Waals surface area (Å²) in [6, 6.07) is 15.6. The van der Waals surface area contributed by atoms with Crippen LogP contribution in [0, 0.1) is 0 Å². The number of nitrogens with zero attached hydrogens (tertiary/aromatic N) is 4. The molecule has 1 N–H and O–H groups in total. The fourth-order valence-electron chi connectivity index (χ4n) is 2.92. The smallest absolute Gasteiger partial charge is 0.226 e. The molecule has 0 atom stereocenters. The van der Waals surface area contributed by atoms with Gasteiger partial charge in [-0.05, 0) is 48.9 Å². The highest BCUT2D eigenvalue weighted by Crippen LogP contribution is 2.26. The van der Waals surface area contributed by atoms with Gasteiger partial charge in [-0.2, -0.15) is 5.10 Å². The largest absolute Gasteiger partial charge is 0.494 e. The fourth-order valence-corrected chi connectivity index (χ4v) is 3.74. The second-order valence-corrected chi connectivity index (χ2v) is 7.42. The van der Waals surface area contributed by atoms with Crippen molar-refractivity contribution in [3.63, 3.8) is 0 Å².